The number of methoxy groups -OCH3 is 2. The van der Waals surface area contributed by atoms with E-state index < -0.39 is 0 Å². The van der Waals surface area contributed by atoms with Gasteiger partial charge in [-0.25, -0.2) is 9.97 Å². The summed E-state index contributed by atoms with van der Waals surface area (Å²) in [6.07, 6.45) is 7.14. The van der Waals surface area contributed by atoms with Crippen molar-refractivity contribution < 1.29 is 14.3 Å². The number of hydrogen-bond acceptors (Lipinski definition) is 9. The molecule has 2 fully saturated rings. The molecule has 10 nitrogen and oxygen atoms in total. The number of ether oxygens (including phenoxy) is 2. The maximum absolute atomic E-state index is 11.5. The van der Waals surface area contributed by atoms with Gasteiger partial charge >= 0.3 is 0 Å². The fraction of sp³-hybridized carbons (Fsp3) is 0.382. The van der Waals surface area contributed by atoms with Crippen LogP contribution in [0.25, 0.3) is 33.6 Å². The minimum absolute atomic E-state index is 0.0883. The van der Waals surface area contributed by atoms with Gasteiger partial charge in [-0.1, -0.05) is 66.5 Å². The van der Waals surface area contributed by atoms with Crippen LogP contribution in [0.4, 0.5) is 0 Å². The van der Waals surface area contributed by atoms with Gasteiger partial charge in [0.2, 0.25) is 17.7 Å². The Kier molecular flexibility index (Phi) is 9.98. The Morgan fingerprint density at radius 3 is 1.89 bits per heavy atom. The molecular formula is C34H37Cl2N7O3. The molecule has 12 heteroatoms. The third-order valence-corrected chi connectivity index (χ3v) is 9.36. The summed E-state index contributed by atoms with van der Waals surface area (Å²) < 4.78 is 11.2. The van der Waals surface area contributed by atoms with Crippen LogP contribution in [0.3, 0.4) is 0 Å². The monoisotopic (exact) mass is 661 g/mol. The van der Waals surface area contributed by atoms with E-state index in [1.807, 2.05) is 36.4 Å². The molecule has 46 heavy (non-hydrogen) atoms. The molecule has 0 unspecified atom stereocenters. The first-order valence-corrected chi connectivity index (χ1v) is 16.2. The van der Waals surface area contributed by atoms with Crippen molar-refractivity contribution in [2.45, 2.75) is 57.8 Å². The highest BCUT2D eigenvalue weighted by Crippen LogP contribution is 2.42. The van der Waals surface area contributed by atoms with Crippen LogP contribution in [0, 0.1) is 5.92 Å². The van der Waals surface area contributed by atoms with Crippen LogP contribution < -0.4 is 25.4 Å². The average molecular weight is 663 g/mol. The van der Waals surface area contributed by atoms with Gasteiger partial charge in [0.05, 0.1) is 48.0 Å². The predicted octanol–water partition coefficient (Wildman–Crippen LogP) is 5.85. The first-order valence-electron chi connectivity index (χ1n) is 15.5. The molecule has 2 aromatic heterocycles. The van der Waals surface area contributed by atoms with E-state index >= 15 is 0 Å². The van der Waals surface area contributed by atoms with Crippen molar-refractivity contribution in [1.82, 2.24) is 35.9 Å². The van der Waals surface area contributed by atoms with Gasteiger partial charge in [-0.2, -0.15) is 0 Å². The number of aromatic nitrogens is 4. The number of hydrogen-bond donors (Lipinski definition) is 3. The van der Waals surface area contributed by atoms with Gasteiger partial charge in [0.15, 0.2) is 0 Å². The number of nitrogens with one attached hydrogen (secondary N) is 3. The molecule has 1 atom stereocenters. The second kappa shape index (κ2) is 14.3. The van der Waals surface area contributed by atoms with E-state index in [2.05, 4.69) is 32.8 Å². The summed E-state index contributed by atoms with van der Waals surface area (Å²) in [6, 6.07) is 12.1. The van der Waals surface area contributed by atoms with Gasteiger partial charge in [-0.05, 0) is 25.2 Å². The molecule has 1 aliphatic heterocycles. The summed E-state index contributed by atoms with van der Waals surface area (Å²) >= 11 is 14.1. The first-order chi connectivity index (χ1) is 22.3. The summed E-state index contributed by atoms with van der Waals surface area (Å²) in [4.78, 5) is 30.3. The molecule has 0 spiro atoms. The number of benzene rings is 2. The van der Waals surface area contributed by atoms with Gasteiger partial charge < -0.3 is 25.4 Å². The lowest BCUT2D eigenvalue weighted by molar-refractivity contribution is -0.119. The van der Waals surface area contributed by atoms with Crippen molar-refractivity contribution in [2.75, 3.05) is 20.8 Å². The normalized spacial score (nSPS) is 19.1. The molecular weight excluding hydrogens is 625 g/mol. The molecule has 240 valence electrons. The Balaban J connectivity index is 1.23. The van der Waals surface area contributed by atoms with Crippen LogP contribution in [-0.4, -0.2) is 58.7 Å². The van der Waals surface area contributed by atoms with E-state index in [1.54, 1.807) is 26.6 Å². The number of carbonyl (C=O) groups excluding carboxylic acids is 1. The predicted molar refractivity (Wildman–Crippen MR) is 179 cm³/mol. The maximum atomic E-state index is 11.5. The number of amides is 1. The van der Waals surface area contributed by atoms with Gasteiger partial charge in [-0.15, -0.1) is 0 Å². The highest BCUT2D eigenvalue weighted by atomic mass is 35.5. The Morgan fingerprint density at radius 1 is 0.848 bits per heavy atom. The molecule has 6 rings (SSSR count). The van der Waals surface area contributed by atoms with Gasteiger partial charge in [0, 0.05) is 60.4 Å². The van der Waals surface area contributed by atoms with Crippen LogP contribution >= 0.6 is 23.2 Å². The van der Waals surface area contributed by atoms with E-state index in [0.717, 1.165) is 29.2 Å². The standard InChI is InChI=1S/C34H37Cl2N7O3/c1-19-12-21(13-19)38-18-29-34(46-3)43-27(17-40-29)25-9-5-7-23(32(25)36)22-6-4-8-24(31(22)35)26-16-39-28(33(42-26)45-2)15-37-14-20-10-11-30(44)41-20/h4-9,16-17,19-21,37-38H,10-15,18H2,1-3H3,(H,41,44)/t19?,20-,21?/m0/s1. The molecule has 1 saturated heterocycles. The average Bonchev–Trinajstić information content (AvgIpc) is 3.47. The third kappa shape index (κ3) is 6.95. The van der Waals surface area contributed by atoms with Crippen molar-refractivity contribution >= 4 is 29.1 Å². The first kappa shape index (κ1) is 32.1. The van der Waals surface area contributed by atoms with Crippen molar-refractivity contribution in [3.8, 4) is 45.4 Å². The lowest BCUT2D eigenvalue weighted by atomic mass is 9.82. The molecule has 1 amide bonds. The fourth-order valence-corrected chi connectivity index (χ4v) is 6.65. The van der Waals surface area contributed by atoms with E-state index in [9.17, 15) is 4.79 Å². The Labute approximate surface area is 278 Å². The summed E-state index contributed by atoms with van der Waals surface area (Å²) in [6.45, 7) is 3.95. The van der Waals surface area contributed by atoms with Crippen LogP contribution in [0.2, 0.25) is 10.0 Å². The van der Waals surface area contributed by atoms with E-state index in [-0.39, 0.29) is 11.9 Å². The van der Waals surface area contributed by atoms with Crippen molar-refractivity contribution in [1.29, 1.82) is 0 Å². The quantitative estimate of drug-likeness (QED) is 0.172. The van der Waals surface area contributed by atoms with Gasteiger partial charge in [0.25, 0.3) is 0 Å². The summed E-state index contributed by atoms with van der Waals surface area (Å²) in [5.74, 6) is 1.72. The number of nitrogens with zero attached hydrogens (tertiary/aromatic N) is 4. The maximum Gasteiger partial charge on any atom is 0.237 e. The van der Waals surface area contributed by atoms with Gasteiger partial charge in [0.1, 0.15) is 11.4 Å². The van der Waals surface area contributed by atoms with Crippen LogP contribution in [0.15, 0.2) is 48.8 Å². The second-order valence-electron chi connectivity index (χ2n) is 11.8. The Hall–Kier alpha value is -3.83. The van der Waals surface area contributed by atoms with E-state index in [4.69, 9.17) is 42.6 Å². The highest BCUT2D eigenvalue weighted by molar-refractivity contribution is 6.39. The number of carbonyl (C=O) groups is 1. The van der Waals surface area contributed by atoms with Crippen molar-refractivity contribution in [3.05, 3.63) is 70.2 Å². The summed E-state index contributed by atoms with van der Waals surface area (Å²) in [7, 11) is 3.16. The molecule has 3 N–H and O–H groups in total. The molecule has 1 saturated carbocycles. The number of rotatable bonds is 12. The molecule has 1 aliphatic carbocycles. The van der Waals surface area contributed by atoms with Crippen LogP contribution in [-0.2, 0) is 17.9 Å². The molecule has 3 heterocycles. The Bertz CT molecular complexity index is 1730. The van der Waals surface area contributed by atoms with E-state index in [1.165, 1.54) is 12.8 Å². The molecule has 2 aliphatic rings. The number of halogens is 2. The minimum atomic E-state index is 0.0883. The second-order valence-corrected chi connectivity index (χ2v) is 12.6. The molecule has 0 bridgehead atoms. The SMILES string of the molecule is COc1nc(-c2cccc(-c3cccc(-c4cnc(CNC5CC(C)C5)c(OC)n4)c3Cl)c2Cl)cnc1CNC[C@@H]1CCC(=O)N1. The van der Waals surface area contributed by atoms with Crippen molar-refractivity contribution in [2.24, 2.45) is 5.92 Å². The largest absolute Gasteiger partial charge is 0.480 e. The fourth-order valence-electron chi connectivity index (χ4n) is 6.00. The van der Waals surface area contributed by atoms with Gasteiger partial charge in [-0.3, -0.25) is 14.8 Å². The minimum Gasteiger partial charge on any atom is -0.480 e. The summed E-state index contributed by atoms with van der Waals surface area (Å²) in [5, 5.41) is 10.8. The van der Waals surface area contributed by atoms with Crippen molar-refractivity contribution in [3.63, 3.8) is 0 Å². The lowest BCUT2D eigenvalue weighted by Crippen LogP contribution is -2.39. The smallest absolute Gasteiger partial charge is 0.237 e. The van der Waals surface area contributed by atoms with Crippen LogP contribution in [0.1, 0.15) is 44.0 Å². The zero-order chi connectivity index (χ0) is 32.2. The molecule has 0 radical (unpaired) electrons. The summed E-state index contributed by atoms with van der Waals surface area (Å²) in [5.41, 5.74) is 5.49. The Morgan fingerprint density at radius 2 is 1.39 bits per heavy atom. The topological polar surface area (TPSA) is 123 Å². The zero-order valence-electron chi connectivity index (χ0n) is 26.1. The highest BCUT2D eigenvalue weighted by Gasteiger charge is 2.25. The third-order valence-electron chi connectivity index (χ3n) is 8.55. The molecule has 2 aromatic carbocycles. The molecule has 4 aromatic rings. The lowest BCUT2D eigenvalue weighted by Gasteiger charge is -2.33. The zero-order valence-corrected chi connectivity index (χ0v) is 27.6. The van der Waals surface area contributed by atoms with Crippen LogP contribution in [0.5, 0.6) is 11.8 Å². The van der Waals surface area contributed by atoms with E-state index in [0.29, 0.717) is 82.1 Å².